The van der Waals surface area contributed by atoms with Crippen molar-refractivity contribution in [3.63, 3.8) is 0 Å². The first-order valence-corrected chi connectivity index (χ1v) is 8.22. The summed E-state index contributed by atoms with van der Waals surface area (Å²) in [4.78, 5) is 14.3. The van der Waals surface area contributed by atoms with Gasteiger partial charge in [0.1, 0.15) is 0 Å². The lowest BCUT2D eigenvalue weighted by atomic mass is 10.2. The largest absolute Gasteiger partial charge is 0.378 e. The molecule has 3 aromatic rings. The molecule has 0 aliphatic rings. The Morgan fingerprint density at radius 2 is 1.88 bits per heavy atom. The number of hydrogen-bond donors (Lipinski definition) is 1. The average Bonchev–Trinajstić information content (AvgIpc) is 3.08. The number of carbonyl (C=O) groups is 1. The van der Waals surface area contributed by atoms with Crippen LogP contribution in [0.1, 0.15) is 21.5 Å². The highest BCUT2D eigenvalue weighted by Crippen LogP contribution is 2.13. The van der Waals surface area contributed by atoms with Crippen molar-refractivity contribution in [2.75, 3.05) is 19.0 Å². The van der Waals surface area contributed by atoms with Crippen molar-refractivity contribution in [2.45, 2.75) is 13.1 Å². The second-order valence-electron chi connectivity index (χ2n) is 6.16. The second-order valence-corrected chi connectivity index (χ2v) is 6.16. The third kappa shape index (κ3) is 4.47. The predicted octanol–water partition coefficient (Wildman–Crippen LogP) is 2.93. The van der Waals surface area contributed by atoms with Gasteiger partial charge in [-0.25, -0.2) is 0 Å². The standard InChI is InChI=1S/C20H22N4O/c1-23(2)19-10-6-9-18(11-19)20(25)21-12-17-13-22-24(15-17)14-16-7-4-3-5-8-16/h3-11,13,15H,12,14H2,1-2H3,(H,21,25). The Kier molecular flexibility index (Phi) is 5.14. The number of hydrogen-bond acceptors (Lipinski definition) is 3. The molecule has 0 radical (unpaired) electrons. The maximum Gasteiger partial charge on any atom is 0.251 e. The normalized spacial score (nSPS) is 10.5. The Bertz CT molecular complexity index is 840. The van der Waals surface area contributed by atoms with E-state index in [9.17, 15) is 4.79 Å². The molecule has 2 aromatic carbocycles. The summed E-state index contributed by atoms with van der Waals surface area (Å²) >= 11 is 0. The lowest BCUT2D eigenvalue weighted by Crippen LogP contribution is -2.23. The number of benzene rings is 2. The molecule has 1 N–H and O–H groups in total. The van der Waals surface area contributed by atoms with Gasteiger partial charge in [-0.15, -0.1) is 0 Å². The smallest absolute Gasteiger partial charge is 0.251 e. The summed E-state index contributed by atoms with van der Waals surface area (Å²) in [5, 5.41) is 7.31. The molecule has 1 aromatic heterocycles. The molecule has 5 heteroatoms. The van der Waals surface area contributed by atoms with Crippen LogP contribution in [0.25, 0.3) is 0 Å². The molecular weight excluding hydrogens is 312 g/mol. The number of anilines is 1. The van der Waals surface area contributed by atoms with Crippen LogP contribution in [0.15, 0.2) is 67.0 Å². The van der Waals surface area contributed by atoms with Crippen LogP contribution in [-0.2, 0) is 13.1 Å². The highest BCUT2D eigenvalue weighted by Gasteiger charge is 2.08. The van der Waals surface area contributed by atoms with Crippen molar-refractivity contribution in [1.29, 1.82) is 0 Å². The molecular formula is C20H22N4O. The molecule has 0 atom stereocenters. The number of amides is 1. The zero-order valence-electron chi connectivity index (χ0n) is 14.5. The van der Waals surface area contributed by atoms with Gasteiger partial charge in [-0.2, -0.15) is 5.10 Å². The fraction of sp³-hybridized carbons (Fsp3) is 0.200. The molecule has 1 heterocycles. The van der Waals surface area contributed by atoms with Gasteiger partial charge in [0.2, 0.25) is 0 Å². The minimum absolute atomic E-state index is 0.0838. The molecule has 0 saturated heterocycles. The number of aromatic nitrogens is 2. The summed E-state index contributed by atoms with van der Waals surface area (Å²) in [6, 6.07) is 17.7. The fourth-order valence-corrected chi connectivity index (χ4v) is 2.56. The molecule has 0 unspecified atom stereocenters. The number of rotatable bonds is 6. The van der Waals surface area contributed by atoms with Crippen molar-refractivity contribution in [3.05, 3.63) is 83.7 Å². The van der Waals surface area contributed by atoms with Crippen molar-refractivity contribution in [1.82, 2.24) is 15.1 Å². The zero-order valence-corrected chi connectivity index (χ0v) is 14.5. The van der Waals surface area contributed by atoms with E-state index in [0.29, 0.717) is 12.1 Å². The highest BCUT2D eigenvalue weighted by atomic mass is 16.1. The van der Waals surface area contributed by atoms with Gasteiger partial charge in [0.05, 0.1) is 12.7 Å². The van der Waals surface area contributed by atoms with Gasteiger partial charge < -0.3 is 10.2 Å². The van der Waals surface area contributed by atoms with Gasteiger partial charge in [0.15, 0.2) is 0 Å². The van der Waals surface area contributed by atoms with Crippen LogP contribution in [0, 0.1) is 0 Å². The highest BCUT2D eigenvalue weighted by molar-refractivity contribution is 5.95. The van der Waals surface area contributed by atoms with Gasteiger partial charge in [-0.3, -0.25) is 9.48 Å². The predicted molar refractivity (Wildman–Crippen MR) is 99.7 cm³/mol. The molecule has 0 aliphatic heterocycles. The fourth-order valence-electron chi connectivity index (χ4n) is 2.56. The van der Waals surface area contributed by atoms with E-state index in [-0.39, 0.29) is 5.91 Å². The van der Waals surface area contributed by atoms with E-state index in [1.807, 2.05) is 72.3 Å². The number of nitrogens with one attached hydrogen (secondary N) is 1. The van der Waals surface area contributed by atoms with Crippen LogP contribution in [0.3, 0.4) is 0 Å². The van der Waals surface area contributed by atoms with Crippen molar-refractivity contribution >= 4 is 11.6 Å². The molecule has 0 bridgehead atoms. The molecule has 0 spiro atoms. The van der Waals surface area contributed by atoms with E-state index in [1.54, 1.807) is 6.20 Å². The summed E-state index contributed by atoms with van der Waals surface area (Å²) in [5.41, 5.74) is 3.83. The molecule has 0 fully saturated rings. The summed E-state index contributed by atoms with van der Waals surface area (Å²) in [7, 11) is 3.91. The Hall–Kier alpha value is -3.08. The minimum atomic E-state index is -0.0838. The van der Waals surface area contributed by atoms with E-state index in [0.717, 1.165) is 17.8 Å². The lowest BCUT2D eigenvalue weighted by Gasteiger charge is -2.13. The molecule has 0 aliphatic carbocycles. The van der Waals surface area contributed by atoms with E-state index >= 15 is 0 Å². The molecule has 0 saturated carbocycles. The SMILES string of the molecule is CN(C)c1cccc(C(=O)NCc2cnn(Cc3ccccc3)c2)c1. The van der Waals surface area contributed by atoms with Gasteiger partial charge in [0.25, 0.3) is 5.91 Å². The first-order valence-electron chi connectivity index (χ1n) is 8.22. The molecule has 25 heavy (non-hydrogen) atoms. The van der Waals surface area contributed by atoms with Crippen molar-refractivity contribution in [3.8, 4) is 0 Å². The van der Waals surface area contributed by atoms with Crippen LogP contribution in [0.4, 0.5) is 5.69 Å². The maximum atomic E-state index is 12.3. The zero-order chi connectivity index (χ0) is 17.6. The molecule has 128 valence electrons. The van der Waals surface area contributed by atoms with Gasteiger partial charge >= 0.3 is 0 Å². The second kappa shape index (κ2) is 7.66. The summed E-state index contributed by atoms with van der Waals surface area (Å²) in [6.45, 7) is 1.18. The topological polar surface area (TPSA) is 50.2 Å². The van der Waals surface area contributed by atoms with Crippen molar-refractivity contribution in [2.24, 2.45) is 0 Å². The maximum absolute atomic E-state index is 12.3. The van der Waals surface area contributed by atoms with Crippen LogP contribution in [0.5, 0.6) is 0 Å². The Morgan fingerprint density at radius 1 is 1.08 bits per heavy atom. The quantitative estimate of drug-likeness (QED) is 0.754. The van der Waals surface area contributed by atoms with E-state index in [2.05, 4.69) is 22.5 Å². The summed E-state index contributed by atoms with van der Waals surface area (Å²) in [5.74, 6) is -0.0838. The third-order valence-electron chi connectivity index (χ3n) is 3.95. The first kappa shape index (κ1) is 16.8. The monoisotopic (exact) mass is 334 g/mol. The summed E-state index contributed by atoms with van der Waals surface area (Å²) < 4.78 is 1.88. The van der Waals surface area contributed by atoms with Crippen LogP contribution in [0.2, 0.25) is 0 Å². The van der Waals surface area contributed by atoms with Crippen LogP contribution >= 0.6 is 0 Å². The average molecular weight is 334 g/mol. The Labute approximate surface area is 147 Å². The van der Waals surface area contributed by atoms with Gasteiger partial charge in [-0.05, 0) is 23.8 Å². The van der Waals surface area contributed by atoms with E-state index < -0.39 is 0 Å². The van der Waals surface area contributed by atoms with Gasteiger partial charge in [-0.1, -0.05) is 36.4 Å². The molecule has 5 nitrogen and oxygen atoms in total. The first-order chi connectivity index (χ1) is 12.1. The van der Waals surface area contributed by atoms with Crippen LogP contribution in [-0.4, -0.2) is 29.8 Å². The number of carbonyl (C=O) groups excluding carboxylic acids is 1. The third-order valence-corrected chi connectivity index (χ3v) is 3.95. The minimum Gasteiger partial charge on any atom is -0.378 e. The summed E-state index contributed by atoms with van der Waals surface area (Å²) in [6.07, 6.45) is 3.75. The Morgan fingerprint density at radius 3 is 2.64 bits per heavy atom. The number of nitrogens with zero attached hydrogens (tertiary/aromatic N) is 3. The van der Waals surface area contributed by atoms with Crippen molar-refractivity contribution < 1.29 is 4.79 Å². The van der Waals surface area contributed by atoms with E-state index in [1.165, 1.54) is 5.56 Å². The van der Waals surface area contributed by atoms with E-state index in [4.69, 9.17) is 0 Å². The molecule has 3 rings (SSSR count). The lowest BCUT2D eigenvalue weighted by molar-refractivity contribution is 0.0951. The molecule has 1 amide bonds. The Balaban J connectivity index is 1.58. The van der Waals surface area contributed by atoms with Gasteiger partial charge in [0, 0.05) is 43.7 Å². The van der Waals surface area contributed by atoms with Crippen LogP contribution < -0.4 is 10.2 Å².